The number of nitriles is 1. The van der Waals surface area contributed by atoms with E-state index in [2.05, 4.69) is 10.3 Å². The van der Waals surface area contributed by atoms with E-state index < -0.39 is 52.8 Å². The highest BCUT2D eigenvalue weighted by Crippen LogP contribution is 2.40. The third kappa shape index (κ3) is 6.87. The van der Waals surface area contributed by atoms with Gasteiger partial charge in [0.2, 0.25) is 5.91 Å². The molecular formula is C35H32F3N5O3. The van der Waals surface area contributed by atoms with E-state index in [1.807, 2.05) is 36.5 Å². The molecule has 11 heteroatoms. The lowest BCUT2D eigenvalue weighted by Gasteiger charge is -2.35. The summed E-state index contributed by atoms with van der Waals surface area (Å²) in [6, 6.07) is 21.7. The zero-order valence-corrected chi connectivity index (χ0v) is 25.1. The molecule has 1 aliphatic rings. The number of halogens is 3. The van der Waals surface area contributed by atoms with E-state index in [4.69, 9.17) is 0 Å². The van der Waals surface area contributed by atoms with Crippen LogP contribution >= 0.6 is 0 Å². The summed E-state index contributed by atoms with van der Waals surface area (Å²) in [6.45, 7) is 2.99. The zero-order chi connectivity index (χ0) is 33.1. The molecule has 5 rings (SSSR count). The van der Waals surface area contributed by atoms with E-state index in [9.17, 15) is 33.1 Å². The maximum Gasteiger partial charge on any atom is 0.416 e. The van der Waals surface area contributed by atoms with Gasteiger partial charge in [-0.1, -0.05) is 72.8 Å². The van der Waals surface area contributed by atoms with Crippen molar-refractivity contribution in [1.82, 2.24) is 15.2 Å². The van der Waals surface area contributed by atoms with Crippen molar-refractivity contribution in [2.45, 2.75) is 50.2 Å². The fourth-order valence-corrected chi connectivity index (χ4v) is 5.80. The molecule has 2 amide bonds. The van der Waals surface area contributed by atoms with Crippen LogP contribution in [0.3, 0.4) is 0 Å². The first-order valence-electron chi connectivity index (χ1n) is 14.6. The summed E-state index contributed by atoms with van der Waals surface area (Å²) in [5, 5.41) is 23.4. The van der Waals surface area contributed by atoms with Gasteiger partial charge in [-0.2, -0.15) is 18.4 Å². The topological polar surface area (TPSA) is 110 Å². The Balaban J connectivity index is 1.68. The molecule has 0 radical (unpaired) electrons. The van der Waals surface area contributed by atoms with Crippen LogP contribution < -0.4 is 10.2 Å². The first kappa shape index (κ1) is 32.2. The van der Waals surface area contributed by atoms with Crippen LogP contribution in [0.15, 0.2) is 103 Å². The van der Waals surface area contributed by atoms with Crippen LogP contribution in [-0.4, -0.2) is 45.0 Å². The van der Waals surface area contributed by atoms with Gasteiger partial charge in [0.25, 0.3) is 5.91 Å². The number of carbonyl (C=O) groups is 2. The lowest BCUT2D eigenvalue weighted by Crippen LogP contribution is -2.51. The normalized spacial score (nSPS) is 19.2. The predicted molar refractivity (Wildman–Crippen MR) is 166 cm³/mol. The van der Waals surface area contributed by atoms with Crippen molar-refractivity contribution in [3.63, 3.8) is 0 Å². The van der Waals surface area contributed by atoms with Crippen molar-refractivity contribution < 1.29 is 27.9 Å². The average Bonchev–Trinajstić information content (AvgIpc) is 3.38. The van der Waals surface area contributed by atoms with E-state index in [0.717, 1.165) is 39.4 Å². The summed E-state index contributed by atoms with van der Waals surface area (Å²) < 4.78 is 43.4. The van der Waals surface area contributed by atoms with Crippen molar-refractivity contribution in [3.05, 3.63) is 120 Å². The Hall–Kier alpha value is -5.21. The van der Waals surface area contributed by atoms with E-state index in [1.165, 1.54) is 6.92 Å². The van der Waals surface area contributed by atoms with Gasteiger partial charge in [-0.3, -0.25) is 24.4 Å². The standard InChI is InChI=1S/C35H32F3N5O3/c1-23(24-9-5-3-6-10-24)41-32(44)31(28-20-40-18-17-29(28)35(36,37)38)43(33(45)30-19-34(2,46)21-42(30)22-39)27-15-13-26(14-16-27)25-11-7-4-8-12-25/h3-18,20,23,30-31,46H,19,21H2,1-2H3,(H,41,44). The molecule has 0 saturated carbocycles. The first-order valence-corrected chi connectivity index (χ1v) is 14.6. The third-order valence-electron chi connectivity index (χ3n) is 8.04. The number of nitrogens with one attached hydrogen (secondary N) is 1. The molecule has 1 fully saturated rings. The molecule has 0 bridgehead atoms. The van der Waals surface area contributed by atoms with Gasteiger partial charge in [-0.15, -0.1) is 0 Å². The van der Waals surface area contributed by atoms with Crippen molar-refractivity contribution in [2.24, 2.45) is 0 Å². The van der Waals surface area contributed by atoms with Gasteiger partial charge in [0.05, 0.1) is 23.8 Å². The lowest BCUT2D eigenvalue weighted by molar-refractivity contribution is -0.139. The van der Waals surface area contributed by atoms with Crippen LogP contribution in [-0.2, 0) is 15.8 Å². The fraction of sp³-hybridized carbons (Fsp3) is 0.257. The minimum Gasteiger partial charge on any atom is -0.388 e. The number of nitrogens with zero attached hydrogens (tertiary/aromatic N) is 4. The predicted octanol–water partition coefficient (Wildman–Crippen LogP) is 6.03. The van der Waals surface area contributed by atoms with Crippen LogP contribution in [0.5, 0.6) is 0 Å². The Bertz CT molecular complexity index is 1720. The maximum absolute atomic E-state index is 14.5. The molecule has 0 spiro atoms. The molecule has 8 nitrogen and oxygen atoms in total. The van der Waals surface area contributed by atoms with Crippen molar-refractivity contribution in [2.75, 3.05) is 11.4 Å². The van der Waals surface area contributed by atoms with E-state index in [1.54, 1.807) is 61.5 Å². The van der Waals surface area contributed by atoms with Crippen molar-refractivity contribution >= 4 is 17.5 Å². The number of likely N-dealkylation sites (tertiary alicyclic amines) is 1. The minimum atomic E-state index is -4.89. The van der Waals surface area contributed by atoms with Gasteiger partial charge in [0.1, 0.15) is 12.1 Å². The van der Waals surface area contributed by atoms with Gasteiger partial charge in [-0.25, -0.2) is 0 Å². The Labute approximate surface area is 264 Å². The molecule has 4 unspecified atom stereocenters. The number of β-amino-alcohol motifs (C(OH)–C–C–N with tert-alkyl or cyclic N) is 1. The highest BCUT2D eigenvalue weighted by molar-refractivity contribution is 6.04. The Morgan fingerprint density at radius 1 is 1.02 bits per heavy atom. The summed E-state index contributed by atoms with van der Waals surface area (Å²) in [6.07, 6.45) is -1.23. The van der Waals surface area contributed by atoms with E-state index >= 15 is 0 Å². The summed E-state index contributed by atoms with van der Waals surface area (Å²) in [5.41, 5.74) is -0.639. The summed E-state index contributed by atoms with van der Waals surface area (Å²) >= 11 is 0. The molecule has 0 aliphatic carbocycles. The van der Waals surface area contributed by atoms with E-state index in [0.29, 0.717) is 5.56 Å². The Kier molecular flexibility index (Phi) is 9.12. The number of anilines is 1. The van der Waals surface area contributed by atoms with Gasteiger partial charge >= 0.3 is 6.18 Å². The first-order chi connectivity index (χ1) is 21.9. The third-order valence-corrected chi connectivity index (χ3v) is 8.04. The smallest absolute Gasteiger partial charge is 0.388 e. The van der Waals surface area contributed by atoms with Gasteiger partial charge < -0.3 is 10.4 Å². The van der Waals surface area contributed by atoms with Crippen LogP contribution in [0, 0.1) is 11.5 Å². The quantitative estimate of drug-likeness (QED) is 0.231. The molecule has 3 aromatic carbocycles. The molecule has 1 aliphatic heterocycles. The second-order valence-electron chi connectivity index (χ2n) is 11.6. The van der Waals surface area contributed by atoms with E-state index in [-0.39, 0.29) is 18.7 Å². The summed E-state index contributed by atoms with van der Waals surface area (Å²) in [4.78, 5) is 34.8. The maximum atomic E-state index is 14.5. The summed E-state index contributed by atoms with van der Waals surface area (Å²) in [7, 11) is 0. The second kappa shape index (κ2) is 13.0. The average molecular weight is 628 g/mol. The highest BCUT2D eigenvalue weighted by atomic mass is 19.4. The van der Waals surface area contributed by atoms with Crippen LogP contribution in [0.25, 0.3) is 11.1 Å². The van der Waals surface area contributed by atoms with Crippen LogP contribution in [0.4, 0.5) is 18.9 Å². The molecule has 46 heavy (non-hydrogen) atoms. The molecular weight excluding hydrogens is 595 g/mol. The van der Waals surface area contributed by atoms with Crippen molar-refractivity contribution in [3.8, 4) is 17.3 Å². The second-order valence-corrected chi connectivity index (χ2v) is 11.6. The molecule has 2 heterocycles. The monoisotopic (exact) mass is 627 g/mol. The number of pyridine rings is 1. The molecule has 1 aromatic heterocycles. The SMILES string of the molecule is CC(NC(=O)C(c1cnccc1C(F)(F)F)N(C(=O)C1CC(C)(O)CN1C#N)c1ccc(-c2ccccc2)cc1)c1ccccc1. The number of hydrogen-bond acceptors (Lipinski definition) is 6. The number of alkyl halides is 3. The Morgan fingerprint density at radius 2 is 1.63 bits per heavy atom. The number of aromatic nitrogens is 1. The fourth-order valence-electron chi connectivity index (χ4n) is 5.80. The number of aliphatic hydroxyl groups is 1. The highest BCUT2D eigenvalue weighted by Gasteiger charge is 2.48. The number of rotatable bonds is 8. The molecule has 4 atom stereocenters. The van der Waals surface area contributed by atoms with Gasteiger partial charge in [0.15, 0.2) is 6.19 Å². The summed E-state index contributed by atoms with van der Waals surface area (Å²) in [5.74, 6) is -1.71. The number of amides is 2. The van der Waals surface area contributed by atoms with Crippen LogP contribution in [0.2, 0.25) is 0 Å². The molecule has 2 N–H and O–H groups in total. The minimum absolute atomic E-state index is 0.124. The number of benzene rings is 3. The Morgan fingerprint density at radius 3 is 2.24 bits per heavy atom. The largest absolute Gasteiger partial charge is 0.416 e. The number of carbonyl (C=O) groups excluding carboxylic acids is 2. The molecule has 236 valence electrons. The van der Waals surface area contributed by atoms with Gasteiger partial charge in [0, 0.05) is 30.1 Å². The molecule has 4 aromatic rings. The van der Waals surface area contributed by atoms with Gasteiger partial charge in [-0.05, 0) is 48.7 Å². The molecule has 1 saturated heterocycles. The zero-order valence-electron chi connectivity index (χ0n) is 25.1. The number of hydrogen-bond donors (Lipinski definition) is 2. The van der Waals surface area contributed by atoms with Crippen molar-refractivity contribution in [1.29, 1.82) is 5.26 Å². The lowest BCUT2D eigenvalue weighted by atomic mass is 9.96. The van der Waals surface area contributed by atoms with Crippen LogP contribution in [0.1, 0.15) is 49.0 Å².